The fourth-order valence-corrected chi connectivity index (χ4v) is 4.91. The summed E-state index contributed by atoms with van der Waals surface area (Å²) in [5.41, 5.74) is 3.39. The molecule has 12 heteroatoms. The van der Waals surface area contributed by atoms with E-state index in [9.17, 15) is 14.3 Å². The number of benzene rings is 1. The summed E-state index contributed by atoms with van der Waals surface area (Å²) in [4.78, 5) is 31.9. The van der Waals surface area contributed by atoms with Gasteiger partial charge in [0.15, 0.2) is 17.8 Å². The van der Waals surface area contributed by atoms with Gasteiger partial charge in [0.25, 0.3) is 5.91 Å². The maximum Gasteiger partial charge on any atom is 0.260 e. The maximum absolute atomic E-state index is 13.6. The summed E-state index contributed by atoms with van der Waals surface area (Å²) >= 11 is 6.73. The number of aromatic nitrogens is 5. The van der Waals surface area contributed by atoms with E-state index in [1.54, 1.807) is 24.4 Å². The number of halogens is 2. The molecular weight excluding hydrogens is 539 g/mol. The lowest BCUT2D eigenvalue weighted by Crippen LogP contribution is -2.33. The molecule has 4 heterocycles. The van der Waals surface area contributed by atoms with Crippen molar-refractivity contribution in [2.45, 2.75) is 51.1 Å². The van der Waals surface area contributed by atoms with Crippen LogP contribution >= 0.6 is 11.6 Å². The van der Waals surface area contributed by atoms with Gasteiger partial charge in [0, 0.05) is 18.3 Å². The SMILES string of the molecule is Cc1ccnc(Cn2c(-c3ccc(OCC(=O)N4C[C@@H](O)[C@H](F)C4)cc3Cl)nc3c(OC4(C)CC4)ncnc32)c1. The van der Waals surface area contributed by atoms with Gasteiger partial charge >= 0.3 is 0 Å². The van der Waals surface area contributed by atoms with E-state index in [4.69, 9.17) is 26.1 Å². The molecule has 1 saturated heterocycles. The summed E-state index contributed by atoms with van der Waals surface area (Å²) < 4.78 is 27.4. The zero-order valence-corrected chi connectivity index (χ0v) is 22.8. The van der Waals surface area contributed by atoms with E-state index in [0.29, 0.717) is 45.7 Å². The van der Waals surface area contributed by atoms with Crippen molar-refractivity contribution < 1.29 is 23.8 Å². The third-order valence-corrected chi connectivity index (χ3v) is 7.52. The van der Waals surface area contributed by atoms with Gasteiger partial charge in [-0.2, -0.15) is 4.98 Å². The molecule has 2 fully saturated rings. The fraction of sp³-hybridized carbons (Fsp3) is 0.393. The average Bonchev–Trinajstić information content (AvgIpc) is 3.39. The molecule has 2 aliphatic rings. The predicted octanol–water partition coefficient (Wildman–Crippen LogP) is 3.75. The highest BCUT2D eigenvalue weighted by Gasteiger charge is 2.41. The van der Waals surface area contributed by atoms with Gasteiger partial charge in [0.2, 0.25) is 5.88 Å². The molecule has 208 valence electrons. The summed E-state index contributed by atoms with van der Waals surface area (Å²) in [6.07, 6.45) is 2.50. The number of imidazole rings is 1. The van der Waals surface area contributed by atoms with E-state index < -0.39 is 18.2 Å². The Morgan fingerprint density at radius 3 is 2.73 bits per heavy atom. The molecule has 1 aromatic carbocycles. The smallest absolute Gasteiger partial charge is 0.260 e. The van der Waals surface area contributed by atoms with E-state index in [1.165, 1.54) is 11.2 Å². The standard InChI is InChI=1S/C28H28ClFN6O4/c1-16-5-8-31-17(9-16)11-36-25(34-24-26(36)32-15-33-27(24)40-28(2)6-7-28)19-4-3-18(10-20(19)29)39-14-23(38)35-12-21(30)22(37)13-35/h3-5,8-10,15,21-22,37H,6-7,11-14H2,1-2H3/t21-,22-/m1/s1. The normalized spacial score (nSPS) is 19.7. The molecule has 2 atom stereocenters. The molecule has 0 radical (unpaired) electrons. The minimum atomic E-state index is -1.45. The first-order chi connectivity index (χ1) is 19.2. The van der Waals surface area contributed by atoms with E-state index in [1.807, 2.05) is 30.5 Å². The van der Waals surface area contributed by atoms with Crippen LogP contribution < -0.4 is 9.47 Å². The molecule has 1 aliphatic heterocycles. The molecule has 4 aromatic rings. The van der Waals surface area contributed by atoms with Gasteiger partial charge in [-0.05, 0) is 62.6 Å². The Bertz CT molecular complexity index is 1580. The number of aliphatic hydroxyl groups is 1. The van der Waals surface area contributed by atoms with Crippen molar-refractivity contribution in [3.8, 4) is 23.0 Å². The Labute approximate surface area is 234 Å². The average molecular weight is 567 g/mol. The van der Waals surface area contributed by atoms with Crippen LogP contribution in [-0.2, 0) is 11.3 Å². The first-order valence-electron chi connectivity index (χ1n) is 13.0. The Kier molecular flexibility index (Phi) is 6.79. The number of hydrogen-bond acceptors (Lipinski definition) is 8. The summed E-state index contributed by atoms with van der Waals surface area (Å²) in [5, 5.41) is 9.93. The molecule has 0 unspecified atom stereocenters. The first kappa shape index (κ1) is 26.4. The number of rotatable bonds is 8. The minimum absolute atomic E-state index is 0.0528. The molecule has 1 N–H and O–H groups in total. The van der Waals surface area contributed by atoms with Crippen molar-refractivity contribution >= 4 is 28.7 Å². The fourth-order valence-electron chi connectivity index (χ4n) is 4.66. The number of likely N-dealkylation sites (tertiary alicyclic amines) is 1. The van der Waals surface area contributed by atoms with Gasteiger partial charge in [0.1, 0.15) is 35.8 Å². The number of aryl methyl sites for hydroxylation is 1. The molecule has 1 amide bonds. The molecule has 3 aromatic heterocycles. The van der Waals surface area contributed by atoms with Crippen LogP contribution in [0.5, 0.6) is 11.6 Å². The van der Waals surface area contributed by atoms with Crippen LogP contribution in [0.15, 0.2) is 42.9 Å². The number of alkyl halides is 1. The van der Waals surface area contributed by atoms with Gasteiger partial charge < -0.3 is 24.0 Å². The molecule has 10 nitrogen and oxygen atoms in total. The third-order valence-electron chi connectivity index (χ3n) is 7.20. The number of pyridine rings is 1. The van der Waals surface area contributed by atoms with E-state index >= 15 is 0 Å². The van der Waals surface area contributed by atoms with Crippen LogP contribution in [0.3, 0.4) is 0 Å². The molecule has 6 rings (SSSR count). The summed E-state index contributed by atoms with van der Waals surface area (Å²) in [6.45, 7) is 3.93. The number of fused-ring (bicyclic) bond motifs is 1. The van der Waals surface area contributed by atoms with Crippen molar-refractivity contribution in [2.24, 2.45) is 0 Å². The number of carbonyl (C=O) groups is 1. The molecule has 1 aliphatic carbocycles. The van der Waals surface area contributed by atoms with E-state index in [2.05, 4.69) is 15.0 Å². The Hall–Kier alpha value is -3.83. The molecule has 0 bridgehead atoms. The van der Waals surface area contributed by atoms with Gasteiger partial charge in [-0.3, -0.25) is 9.78 Å². The second kappa shape index (κ2) is 10.3. The van der Waals surface area contributed by atoms with Crippen LogP contribution in [0.1, 0.15) is 31.0 Å². The highest BCUT2D eigenvalue weighted by Crippen LogP contribution is 2.41. The highest BCUT2D eigenvalue weighted by atomic mass is 35.5. The maximum atomic E-state index is 13.6. The second-order valence-electron chi connectivity index (χ2n) is 10.6. The lowest BCUT2D eigenvalue weighted by atomic mass is 10.2. The molecule has 0 spiro atoms. The van der Waals surface area contributed by atoms with E-state index in [0.717, 1.165) is 24.1 Å². The van der Waals surface area contributed by atoms with Gasteiger partial charge in [-0.15, -0.1) is 0 Å². The number of hydrogen-bond donors (Lipinski definition) is 1. The second-order valence-corrected chi connectivity index (χ2v) is 11.0. The predicted molar refractivity (Wildman–Crippen MR) is 145 cm³/mol. The van der Waals surface area contributed by atoms with Gasteiger partial charge in [-0.25, -0.2) is 14.4 Å². The highest BCUT2D eigenvalue weighted by molar-refractivity contribution is 6.33. The first-order valence-corrected chi connectivity index (χ1v) is 13.4. The summed E-state index contributed by atoms with van der Waals surface area (Å²) in [5.74, 6) is 0.922. The Morgan fingerprint density at radius 2 is 2.02 bits per heavy atom. The number of aliphatic hydroxyl groups excluding tert-OH is 1. The lowest BCUT2D eigenvalue weighted by molar-refractivity contribution is -0.132. The van der Waals surface area contributed by atoms with Crippen molar-refractivity contribution in [3.05, 3.63) is 59.1 Å². The Balaban J connectivity index is 1.31. The van der Waals surface area contributed by atoms with Gasteiger partial charge in [-0.1, -0.05) is 11.6 Å². The van der Waals surface area contributed by atoms with Gasteiger partial charge in [0.05, 0.1) is 23.8 Å². The van der Waals surface area contributed by atoms with Crippen molar-refractivity contribution in [3.63, 3.8) is 0 Å². The van der Waals surface area contributed by atoms with Crippen molar-refractivity contribution in [1.29, 1.82) is 0 Å². The number of ether oxygens (including phenoxy) is 2. The number of β-amino-alcohol motifs (C(OH)–C–C–N with tert-alkyl or cyclic N) is 1. The monoisotopic (exact) mass is 566 g/mol. The Morgan fingerprint density at radius 1 is 1.20 bits per heavy atom. The van der Waals surface area contributed by atoms with Crippen LogP contribution in [-0.4, -0.2) is 78.0 Å². The van der Waals surface area contributed by atoms with Crippen LogP contribution in [0.4, 0.5) is 4.39 Å². The number of nitrogens with zero attached hydrogens (tertiary/aromatic N) is 6. The molecule has 40 heavy (non-hydrogen) atoms. The topological polar surface area (TPSA) is 115 Å². The molecular formula is C28H28ClFN6O4. The quantitative estimate of drug-likeness (QED) is 0.343. The number of carbonyl (C=O) groups excluding carboxylic acids is 1. The zero-order chi connectivity index (χ0) is 28.0. The van der Waals surface area contributed by atoms with E-state index in [-0.39, 0.29) is 25.3 Å². The summed E-state index contributed by atoms with van der Waals surface area (Å²) in [6, 6.07) is 8.98. The van der Waals surface area contributed by atoms with Crippen molar-refractivity contribution in [1.82, 2.24) is 29.4 Å². The zero-order valence-electron chi connectivity index (χ0n) is 22.0. The number of amides is 1. The van der Waals surface area contributed by atoms with Crippen molar-refractivity contribution in [2.75, 3.05) is 19.7 Å². The van der Waals surface area contributed by atoms with Crippen LogP contribution in [0.2, 0.25) is 5.02 Å². The lowest BCUT2D eigenvalue weighted by Gasteiger charge is -2.16. The van der Waals surface area contributed by atoms with Crippen LogP contribution in [0, 0.1) is 6.92 Å². The molecule has 1 saturated carbocycles. The summed E-state index contributed by atoms with van der Waals surface area (Å²) in [7, 11) is 0. The van der Waals surface area contributed by atoms with Crippen LogP contribution in [0.25, 0.3) is 22.6 Å². The minimum Gasteiger partial charge on any atom is -0.484 e. The largest absolute Gasteiger partial charge is 0.484 e. The third kappa shape index (κ3) is 5.31.